The molecular weight excluding hydrogens is 1060 g/mol. The number of rotatable bonds is 14. The summed E-state index contributed by atoms with van der Waals surface area (Å²) in [6, 6.07) is 4.46. The Hall–Kier alpha value is -5.74. The lowest BCUT2D eigenvalue weighted by Gasteiger charge is -2.24. The van der Waals surface area contributed by atoms with Gasteiger partial charge in [0.25, 0.3) is 0 Å². The van der Waals surface area contributed by atoms with Crippen LogP contribution in [0.25, 0.3) is 22.0 Å². The van der Waals surface area contributed by atoms with Crippen LogP contribution in [0.3, 0.4) is 0 Å². The van der Waals surface area contributed by atoms with Crippen molar-refractivity contribution in [1.82, 2.24) is 29.9 Å². The quantitative estimate of drug-likeness (QED) is 0.0457. The number of phosphoric acid groups is 1. The lowest BCUT2D eigenvalue weighted by atomic mass is 9.84. The first kappa shape index (κ1) is 53.1. The Labute approximate surface area is 400 Å². The second-order valence-electron chi connectivity index (χ2n) is 16.7. The van der Waals surface area contributed by atoms with Crippen LogP contribution >= 0.6 is 19.4 Å². The van der Waals surface area contributed by atoms with Crippen molar-refractivity contribution in [1.29, 1.82) is 0 Å². The van der Waals surface area contributed by atoms with Crippen molar-refractivity contribution in [2.45, 2.75) is 68.3 Å². The number of carbonyl (C=O) groups is 1. The zero-order chi connectivity index (χ0) is 52.8. The molecule has 71 heavy (non-hydrogen) atoms. The van der Waals surface area contributed by atoms with Gasteiger partial charge in [-0.2, -0.15) is 45.3 Å². The van der Waals surface area contributed by atoms with E-state index in [2.05, 4.69) is 48.7 Å². The number of fused-ring (bicyclic) bond motifs is 4. The molecule has 7 rings (SSSR count). The number of halogens is 11. The van der Waals surface area contributed by atoms with E-state index in [0.717, 1.165) is 42.7 Å². The number of nitrogens with zero attached hydrogens (tertiary/aromatic N) is 6. The molecule has 0 aliphatic heterocycles. The summed E-state index contributed by atoms with van der Waals surface area (Å²) in [5.41, 5.74) is -6.56. The largest absolute Gasteiger partial charge is 0.471 e. The Bertz CT molecular complexity index is 3430. The number of alkyl halides is 8. The summed E-state index contributed by atoms with van der Waals surface area (Å²) in [6.45, 7) is -2.50. The maximum Gasteiger partial charge on any atom is 0.471 e. The Morgan fingerprint density at radius 1 is 0.986 bits per heavy atom. The van der Waals surface area contributed by atoms with Crippen LogP contribution in [0.1, 0.15) is 59.7 Å². The SMILES string of the molecule is CC(C)(C#Cc1ccc(-c2ccc(Cl)c3c(N(COP(=O)(O)O)S(C)(=O)=O)nn(CC(F)(F)F)c23)c([C@H](Cc2cc(F)cc(F)c2)NC(=O)Cn2nc(C(F)(F)F)c3c2C(F)(F)[C@@H]2C#C[C@H]32)n1)S(C)(=O)=O. The maximum absolute atomic E-state index is 15.7. The second kappa shape index (κ2) is 18.1. The standard InChI is InChI=1S/C41H33ClF10N7O9PS2/c1-38(2,70(3,64)65)12-11-23-5-6-24(25-8-10-28(42)32-34(25)58(18-39(45,46)47)56-37(32)59(71(4,66)67)19-68-69(61,62)63)33(53-23)29(15-20-13-21(43)16-22(44)14-20)54-30(60)17-57-36-31(35(55-57)41(50,51)52)26-7-9-27(26)40(36,48)49/h5-6,8,10,13-14,16,26-27,29H,15,17-19H2,1-4H3,(H,54,60)(H2,61,62,63)/t26-,27+,29-/m0/s1. The first-order valence-electron chi connectivity index (χ1n) is 20.0. The molecule has 2 aliphatic rings. The number of phosphoric ester groups is 1. The Morgan fingerprint density at radius 3 is 2.17 bits per heavy atom. The predicted octanol–water partition coefficient (Wildman–Crippen LogP) is 6.74. The number of sulfone groups is 1. The third-order valence-corrected chi connectivity index (χ3v) is 14.9. The monoisotopic (exact) mass is 1090 g/mol. The highest BCUT2D eigenvalue weighted by Crippen LogP contribution is 2.58. The van der Waals surface area contributed by atoms with Crippen LogP contribution in [0.15, 0.2) is 42.5 Å². The molecule has 380 valence electrons. The minimum Gasteiger partial charge on any atom is -0.346 e. The molecule has 3 heterocycles. The number of nitrogens with one attached hydrogen (secondary N) is 1. The van der Waals surface area contributed by atoms with Gasteiger partial charge in [-0.25, -0.2) is 39.5 Å². The fourth-order valence-corrected chi connectivity index (χ4v) is 9.17. The fourth-order valence-electron chi connectivity index (χ4n) is 7.66. The van der Waals surface area contributed by atoms with E-state index in [-0.39, 0.29) is 30.5 Å². The maximum atomic E-state index is 15.7. The topological polar surface area (TPSA) is 216 Å². The van der Waals surface area contributed by atoms with Crippen molar-refractivity contribution in [2.75, 3.05) is 23.5 Å². The molecular formula is C41H33ClF10N7O9PS2. The van der Waals surface area contributed by atoms with Crippen LogP contribution in [0.2, 0.25) is 5.02 Å². The van der Waals surface area contributed by atoms with Crippen molar-refractivity contribution in [2.24, 2.45) is 5.92 Å². The van der Waals surface area contributed by atoms with E-state index in [0.29, 0.717) is 12.3 Å². The average molecular weight is 1090 g/mol. The van der Waals surface area contributed by atoms with E-state index in [1.807, 2.05) is 0 Å². The summed E-state index contributed by atoms with van der Waals surface area (Å²) < 4.78 is 213. The average Bonchev–Trinajstić information content (AvgIpc) is 3.77. The van der Waals surface area contributed by atoms with Crippen molar-refractivity contribution < 1.29 is 84.4 Å². The third kappa shape index (κ3) is 10.9. The van der Waals surface area contributed by atoms with Crippen molar-refractivity contribution in [3.05, 3.63) is 93.0 Å². The molecule has 3 N–H and O–H groups in total. The van der Waals surface area contributed by atoms with Gasteiger partial charge in [0.2, 0.25) is 15.9 Å². The summed E-state index contributed by atoms with van der Waals surface area (Å²) in [7, 11) is -14.2. The summed E-state index contributed by atoms with van der Waals surface area (Å²) >= 11 is 6.53. The number of sulfonamides is 1. The van der Waals surface area contributed by atoms with E-state index in [4.69, 9.17) is 11.6 Å². The van der Waals surface area contributed by atoms with Crippen molar-refractivity contribution in [3.8, 4) is 34.8 Å². The van der Waals surface area contributed by atoms with E-state index >= 15 is 8.78 Å². The number of benzene rings is 2. The van der Waals surface area contributed by atoms with Gasteiger partial charge >= 0.3 is 26.1 Å². The molecule has 0 spiro atoms. The van der Waals surface area contributed by atoms with Crippen LogP contribution in [-0.2, 0) is 65.4 Å². The first-order chi connectivity index (χ1) is 32.5. The summed E-state index contributed by atoms with van der Waals surface area (Å²) in [5, 5.41) is 8.39. The van der Waals surface area contributed by atoms with E-state index in [9.17, 15) is 71.1 Å². The highest BCUT2D eigenvalue weighted by molar-refractivity contribution is 7.92. The molecule has 30 heteroatoms. The fraction of sp³-hybridized carbons (Fsp3) is 0.366. The molecule has 2 aromatic carbocycles. The van der Waals surface area contributed by atoms with Crippen LogP contribution < -0.4 is 9.62 Å². The third-order valence-electron chi connectivity index (χ3n) is 11.1. The van der Waals surface area contributed by atoms with Gasteiger partial charge in [-0.1, -0.05) is 35.4 Å². The number of pyridine rings is 1. The number of aromatic nitrogens is 5. The second-order valence-corrected chi connectivity index (χ2v) is 22.8. The molecule has 0 radical (unpaired) electrons. The molecule has 0 bridgehead atoms. The number of carbonyl (C=O) groups excluding carboxylic acids is 1. The van der Waals surface area contributed by atoms with E-state index in [1.54, 1.807) is 0 Å². The number of hydrogen-bond acceptors (Lipinski definition) is 10. The first-order valence-corrected chi connectivity index (χ1v) is 25.6. The summed E-state index contributed by atoms with van der Waals surface area (Å²) in [5.74, 6) is -2.80. The van der Waals surface area contributed by atoms with Gasteiger partial charge in [0.05, 0.1) is 39.8 Å². The molecule has 1 amide bonds. The normalized spacial score (nSPS) is 17.1. The van der Waals surface area contributed by atoms with Gasteiger partial charge in [-0.15, -0.1) is 0 Å². The van der Waals surface area contributed by atoms with Crippen molar-refractivity contribution in [3.63, 3.8) is 0 Å². The van der Waals surface area contributed by atoms with Gasteiger partial charge in [-0.05, 0) is 62.1 Å². The molecule has 0 saturated carbocycles. The van der Waals surface area contributed by atoms with Gasteiger partial charge < -0.3 is 15.1 Å². The van der Waals surface area contributed by atoms with Crippen LogP contribution in [0, 0.1) is 41.2 Å². The number of hydrogen-bond donors (Lipinski definition) is 3. The Morgan fingerprint density at radius 2 is 1.62 bits per heavy atom. The molecule has 0 unspecified atom stereocenters. The Balaban J connectivity index is 1.49. The van der Waals surface area contributed by atoms with Crippen LogP contribution in [0.4, 0.5) is 49.7 Å². The zero-order valence-electron chi connectivity index (χ0n) is 36.5. The number of amides is 1. The van der Waals surface area contributed by atoms with Gasteiger partial charge in [0, 0.05) is 29.0 Å². The van der Waals surface area contributed by atoms with Gasteiger partial charge in [0.15, 0.2) is 21.3 Å². The Kier molecular flexibility index (Phi) is 13.5. The molecule has 3 aromatic heterocycles. The summed E-state index contributed by atoms with van der Waals surface area (Å²) in [4.78, 5) is 37.4. The highest BCUT2D eigenvalue weighted by Gasteiger charge is 2.62. The minimum atomic E-state index is -5.49. The highest BCUT2D eigenvalue weighted by atomic mass is 35.5. The van der Waals surface area contributed by atoms with Crippen LogP contribution in [0.5, 0.6) is 0 Å². The van der Waals surface area contributed by atoms with Crippen molar-refractivity contribution >= 4 is 61.9 Å². The lowest BCUT2D eigenvalue weighted by molar-refractivity contribution is -0.143. The summed E-state index contributed by atoms with van der Waals surface area (Å²) in [6.07, 6.45) is -9.88. The molecule has 2 aliphatic carbocycles. The molecule has 16 nitrogen and oxygen atoms in total. The molecule has 0 fully saturated rings. The van der Waals surface area contributed by atoms with Crippen LogP contribution in [-0.4, -0.2) is 87.2 Å². The molecule has 5 aromatic rings. The minimum absolute atomic E-state index is 0.0805. The van der Waals surface area contributed by atoms with E-state index < -0.39 is 162 Å². The van der Waals surface area contributed by atoms with Gasteiger partial charge in [0.1, 0.15) is 53.5 Å². The molecule has 3 atom stereocenters. The lowest BCUT2D eigenvalue weighted by Crippen LogP contribution is -2.36. The number of anilines is 1. The predicted molar refractivity (Wildman–Crippen MR) is 231 cm³/mol. The molecule has 0 saturated heterocycles. The van der Waals surface area contributed by atoms with Gasteiger partial charge in [-0.3, -0.25) is 18.7 Å². The smallest absolute Gasteiger partial charge is 0.346 e. The van der Waals surface area contributed by atoms with E-state index in [1.165, 1.54) is 13.8 Å². The zero-order valence-corrected chi connectivity index (χ0v) is 39.7.